The fraction of sp³-hybridized carbons (Fsp3) is 1.00. The molecule has 0 aromatic heterocycles. The quantitative estimate of drug-likeness (QED) is 0.519. The summed E-state index contributed by atoms with van der Waals surface area (Å²) in [4.78, 5) is 0. The lowest BCUT2D eigenvalue weighted by atomic mass is 9.82. The number of unbranched alkanes of at least 4 members (excludes halogenated alkanes) is 9. The normalized spacial score (nSPS) is 31.9. The maximum Gasteiger partial charge on any atom is 0.156 e. The Labute approximate surface area is 149 Å². The van der Waals surface area contributed by atoms with Gasteiger partial charge in [-0.3, -0.25) is 0 Å². The highest BCUT2D eigenvalue weighted by Crippen LogP contribution is 2.43. The molecule has 0 amide bonds. The molecule has 24 heavy (non-hydrogen) atoms. The van der Waals surface area contributed by atoms with Gasteiger partial charge < -0.3 is 5.11 Å². The summed E-state index contributed by atoms with van der Waals surface area (Å²) in [5.41, 5.74) is -0.707. The number of fused-ring (bicyclic) bond motifs is 2. The first kappa shape index (κ1) is 20.2. The molecule has 142 valence electrons. The van der Waals surface area contributed by atoms with Crippen molar-refractivity contribution in [2.24, 2.45) is 0 Å². The van der Waals surface area contributed by atoms with Crippen molar-refractivity contribution in [3.05, 3.63) is 0 Å². The summed E-state index contributed by atoms with van der Waals surface area (Å²) in [5, 5.41) is 10.3. The van der Waals surface area contributed by atoms with Gasteiger partial charge in [0.25, 0.3) is 0 Å². The van der Waals surface area contributed by atoms with Crippen LogP contribution in [-0.2, 0) is 9.84 Å². The minimum atomic E-state index is -2.95. The van der Waals surface area contributed by atoms with E-state index in [9.17, 15) is 13.5 Å². The lowest BCUT2D eigenvalue weighted by Crippen LogP contribution is -2.51. The number of hydrogen-bond acceptors (Lipinski definition) is 3. The monoisotopic (exact) mass is 358 g/mol. The molecule has 1 N–H and O–H groups in total. The fourth-order valence-electron chi connectivity index (χ4n) is 4.69. The van der Waals surface area contributed by atoms with E-state index in [1.54, 1.807) is 0 Å². The molecule has 0 aromatic carbocycles. The molecule has 0 spiro atoms. The summed E-state index contributed by atoms with van der Waals surface area (Å²) in [6, 6.07) is 0. The van der Waals surface area contributed by atoms with Gasteiger partial charge in [-0.25, -0.2) is 8.42 Å². The third-order valence-electron chi connectivity index (χ3n) is 6.19. The first-order chi connectivity index (χ1) is 11.5. The maximum absolute atomic E-state index is 12.3. The molecular weight excluding hydrogens is 320 g/mol. The lowest BCUT2D eigenvalue weighted by Gasteiger charge is -2.44. The van der Waals surface area contributed by atoms with Crippen LogP contribution in [0.4, 0.5) is 0 Å². The van der Waals surface area contributed by atoms with Gasteiger partial charge in [-0.15, -0.1) is 0 Å². The van der Waals surface area contributed by atoms with Gasteiger partial charge in [0.2, 0.25) is 0 Å². The third kappa shape index (κ3) is 5.72. The topological polar surface area (TPSA) is 54.4 Å². The summed E-state index contributed by atoms with van der Waals surface area (Å²) >= 11 is 0. The number of aliphatic hydroxyl groups is 1. The Kier molecular flexibility index (Phi) is 8.06. The zero-order valence-corrected chi connectivity index (χ0v) is 16.5. The van der Waals surface area contributed by atoms with E-state index < -0.39 is 15.4 Å². The van der Waals surface area contributed by atoms with Crippen molar-refractivity contribution in [1.29, 1.82) is 0 Å². The molecule has 2 aliphatic heterocycles. The Balaban J connectivity index is 1.58. The molecule has 2 aliphatic rings. The van der Waals surface area contributed by atoms with Crippen molar-refractivity contribution in [2.75, 3.05) is 0 Å². The maximum atomic E-state index is 12.3. The van der Waals surface area contributed by atoms with Crippen LogP contribution < -0.4 is 0 Å². The number of rotatable bonds is 11. The van der Waals surface area contributed by atoms with Gasteiger partial charge in [-0.1, -0.05) is 77.6 Å². The standard InChI is InChI=1S/C20H38O3S/c1-2-3-4-5-6-7-8-9-10-11-15-20(21)16-18-13-12-14-19(17-20)24(18,22)23/h18-19,21H,2-17H2,1H3. The first-order valence-electron chi connectivity index (χ1n) is 10.4. The summed E-state index contributed by atoms with van der Waals surface area (Å²) in [5.74, 6) is 0. The summed E-state index contributed by atoms with van der Waals surface area (Å²) < 4.78 is 24.6. The molecule has 0 aromatic rings. The van der Waals surface area contributed by atoms with Gasteiger partial charge in [0.05, 0.1) is 16.1 Å². The van der Waals surface area contributed by atoms with E-state index in [4.69, 9.17) is 0 Å². The minimum Gasteiger partial charge on any atom is -0.390 e. The molecule has 4 heteroatoms. The van der Waals surface area contributed by atoms with Crippen molar-refractivity contribution in [1.82, 2.24) is 0 Å². The van der Waals surface area contributed by atoms with Crippen LogP contribution >= 0.6 is 0 Å². The van der Waals surface area contributed by atoms with E-state index in [0.29, 0.717) is 12.8 Å². The van der Waals surface area contributed by atoms with Crippen LogP contribution in [-0.4, -0.2) is 29.6 Å². The van der Waals surface area contributed by atoms with Crippen molar-refractivity contribution >= 4 is 9.84 Å². The molecule has 2 fully saturated rings. The highest BCUT2D eigenvalue weighted by Gasteiger charge is 2.49. The molecule has 0 aliphatic carbocycles. The Morgan fingerprint density at radius 3 is 1.79 bits per heavy atom. The van der Waals surface area contributed by atoms with Crippen LogP contribution in [0.2, 0.25) is 0 Å². The highest BCUT2D eigenvalue weighted by molar-refractivity contribution is 7.92. The van der Waals surface area contributed by atoms with E-state index in [1.807, 2.05) is 0 Å². The molecule has 2 rings (SSSR count). The van der Waals surface area contributed by atoms with Crippen LogP contribution in [0, 0.1) is 0 Å². The van der Waals surface area contributed by atoms with Gasteiger partial charge in [0, 0.05) is 0 Å². The van der Waals surface area contributed by atoms with Crippen LogP contribution in [0.25, 0.3) is 0 Å². The van der Waals surface area contributed by atoms with Crippen LogP contribution in [0.5, 0.6) is 0 Å². The van der Waals surface area contributed by atoms with E-state index in [0.717, 1.165) is 32.1 Å². The molecule has 2 unspecified atom stereocenters. The predicted octanol–water partition coefficient (Wildman–Crippen LogP) is 5.16. The van der Waals surface area contributed by atoms with Gasteiger partial charge in [-0.05, 0) is 32.1 Å². The third-order valence-corrected chi connectivity index (χ3v) is 8.86. The van der Waals surface area contributed by atoms with Crippen LogP contribution in [0.3, 0.4) is 0 Å². The van der Waals surface area contributed by atoms with Gasteiger partial charge in [-0.2, -0.15) is 0 Å². The van der Waals surface area contributed by atoms with Gasteiger partial charge >= 0.3 is 0 Å². The molecular formula is C20H38O3S. The van der Waals surface area contributed by atoms with Gasteiger partial charge in [0.15, 0.2) is 9.84 Å². The van der Waals surface area contributed by atoms with Crippen LogP contribution in [0.15, 0.2) is 0 Å². The fourth-order valence-corrected chi connectivity index (χ4v) is 7.31. The van der Waals surface area contributed by atoms with Crippen molar-refractivity contribution in [3.63, 3.8) is 0 Å². The second-order valence-corrected chi connectivity index (χ2v) is 10.8. The van der Waals surface area contributed by atoms with Crippen molar-refractivity contribution in [3.8, 4) is 0 Å². The van der Waals surface area contributed by atoms with Crippen molar-refractivity contribution in [2.45, 2.75) is 126 Å². The molecule has 2 saturated heterocycles. The number of hydrogen-bond donors (Lipinski definition) is 1. The Hall–Kier alpha value is -0.0900. The summed E-state index contributed by atoms with van der Waals surface area (Å²) in [6.07, 6.45) is 17.3. The highest BCUT2D eigenvalue weighted by atomic mass is 32.2. The predicted molar refractivity (Wildman–Crippen MR) is 101 cm³/mol. The smallest absolute Gasteiger partial charge is 0.156 e. The largest absolute Gasteiger partial charge is 0.390 e. The zero-order chi connectivity index (χ0) is 17.5. The van der Waals surface area contributed by atoms with E-state index in [2.05, 4.69) is 6.92 Å². The van der Waals surface area contributed by atoms with E-state index in [1.165, 1.54) is 57.8 Å². The summed E-state index contributed by atoms with van der Waals surface area (Å²) in [6.45, 7) is 2.25. The average Bonchev–Trinajstić information content (AvgIpc) is 2.51. The molecule has 3 nitrogen and oxygen atoms in total. The second kappa shape index (κ2) is 9.56. The van der Waals surface area contributed by atoms with Gasteiger partial charge in [0.1, 0.15) is 0 Å². The van der Waals surface area contributed by atoms with E-state index in [-0.39, 0.29) is 10.5 Å². The molecule has 0 saturated carbocycles. The minimum absolute atomic E-state index is 0.266. The first-order valence-corrected chi connectivity index (χ1v) is 12.0. The molecule has 2 bridgehead atoms. The van der Waals surface area contributed by atoms with E-state index >= 15 is 0 Å². The SMILES string of the molecule is CCCCCCCCCCCCC1(O)CC2CCCC(C1)S2(=O)=O. The Bertz CT molecular complexity index is 438. The Morgan fingerprint density at radius 2 is 1.29 bits per heavy atom. The lowest BCUT2D eigenvalue weighted by molar-refractivity contribution is -0.000551. The number of sulfone groups is 1. The average molecular weight is 359 g/mol. The second-order valence-electron chi connectivity index (χ2n) is 8.33. The zero-order valence-electron chi connectivity index (χ0n) is 15.6. The summed E-state index contributed by atoms with van der Waals surface area (Å²) in [7, 11) is -2.95. The Morgan fingerprint density at radius 1 is 0.833 bits per heavy atom. The molecule has 0 radical (unpaired) electrons. The van der Waals surface area contributed by atoms with Crippen LogP contribution in [0.1, 0.15) is 110 Å². The molecule has 2 heterocycles. The molecule has 2 atom stereocenters. The van der Waals surface area contributed by atoms with Crippen molar-refractivity contribution < 1.29 is 13.5 Å².